The molecule has 104 valence electrons. The molecule has 20 heavy (non-hydrogen) atoms. The van der Waals surface area contributed by atoms with Crippen LogP contribution in [-0.2, 0) is 17.6 Å². The Morgan fingerprint density at radius 1 is 0.950 bits per heavy atom. The topological polar surface area (TPSA) is 17.1 Å². The number of rotatable bonds is 4. The third-order valence-corrected chi connectivity index (χ3v) is 3.71. The van der Waals surface area contributed by atoms with Crippen LogP contribution in [0.2, 0.25) is 15.1 Å². The number of carbonyl (C=O) groups is 1. The molecule has 0 N–H and O–H groups in total. The normalized spacial score (nSPS) is 10.6. The molecule has 0 fully saturated rings. The van der Waals surface area contributed by atoms with Gasteiger partial charge in [0.25, 0.3) is 0 Å². The molecular formula is C15H10Cl3FO. The van der Waals surface area contributed by atoms with Gasteiger partial charge in [-0.25, -0.2) is 4.39 Å². The lowest BCUT2D eigenvalue weighted by molar-refractivity contribution is -0.117. The average molecular weight is 332 g/mol. The predicted octanol–water partition coefficient (Wildman–Crippen LogP) is 5.14. The fraction of sp³-hybridized carbons (Fsp3) is 0.133. The Morgan fingerprint density at radius 3 is 2.40 bits per heavy atom. The van der Waals surface area contributed by atoms with Crippen LogP contribution >= 0.6 is 34.8 Å². The lowest BCUT2D eigenvalue weighted by Crippen LogP contribution is -2.08. The van der Waals surface area contributed by atoms with Crippen molar-refractivity contribution in [2.24, 2.45) is 0 Å². The molecule has 0 spiro atoms. The fourth-order valence-corrected chi connectivity index (χ4v) is 2.42. The summed E-state index contributed by atoms with van der Waals surface area (Å²) in [5.74, 6) is -0.713. The molecule has 2 rings (SSSR count). The van der Waals surface area contributed by atoms with E-state index in [2.05, 4.69) is 0 Å². The van der Waals surface area contributed by atoms with E-state index < -0.39 is 5.82 Å². The molecule has 0 saturated heterocycles. The molecule has 0 bridgehead atoms. The Morgan fingerprint density at radius 2 is 1.65 bits per heavy atom. The molecule has 0 heterocycles. The quantitative estimate of drug-likeness (QED) is 0.758. The molecule has 2 aromatic carbocycles. The number of carbonyl (C=O) groups excluding carboxylic acids is 1. The summed E-state index contributed by atoms with van der Waals surface area (Å²) in [5.41, 5.74) is 0.909. The molecule has 5 heteroatoms. The second kappa shape index (κ2) is 6.57. The van der Waals surface area contributed by atoms with Crippen LogP contribution in [0.4, 0.5) is 4.39 Å². The Kier molecular flexibility index (Phi) is 5.03. The van der Waals surface area contributed by atoms with Crippen LogP contribution in [0.15, 0.2) is 36.4 Å². The third-order valence-electron chi connectivity index (χ3n) is 2.81. The maximum absolute atomic E-state index is 13.7. The maximum Gasteiger partial charge on any atom is 0.145 e. The van der Waals surface area contributed by atoms with Crippen LogP contribution in [0.5, 0.6) is 0 Å². The molecule has 2 aromatic rings. The molecule has 0 aliphatic rings. The SMILES string of the molecule is O=C(Cc1cc(Cl)ccc1Cl)Cc1cccc(Cl)c1F. The second-order valence-corrected chi connectivity index (χ2v) is 5.59. The molecule has 0 aliphatic heterocycles. The van der Waals surface area contributed by atoms with Crippen molar-refractivity contribution in [2.45, 2.75) is 12.8 Å². The van der Waals surface area contributed by atoms with Crippen LogP contribution in [0.1, 0.15) is 11.1 Å². The maximum atomic E-state index is 13.7. The van der Waals surface area contributed by atoms with E-state index >= 15 is 0 Å². The second-order valence-electron chi connectivity index (χ2n) is 4.34. The summed E-state index contributed by atoms with van der Waals surface area (Å²) in [7, 11) is 0. The molecule has 0 aromatic heterocycles. The number of Topliss-reactive ketones (excluding diaryl/α,β-unsaturated/α-hetero) is 1. The van der Waals surface area contributed by atoms with E-state index in [9.17, 15) is 9.18 Å². The lowest BCUT2D eigenvalue weighted by Gasteiger charge is -2.06. The smallest absolute Gasteiger partial charge is 0.145 e. The number of hydrogen-bond donors (Lipinski definition) is 0. The summed E-state index contributed by atoms with van der Waals surface area (Å²) in [6.07, 6.45) is 0.0700. The molecule has 0 atom stereocenters. The molecule has 1 nitrogen and oxygen atoms in total. The summed E-state index contributed by atoms with van der Waals surface area (Å²) in [6, 6.07) is 9.51. The van der Waals surface area contributed by atoms with Gasteiger partial charge in [-0.05, 0) is 35.4 Å². The van der Waals surface area contributed by atoms with Gasteiger partial charge in [-0.2, -0.15) is 0 Å². The summed E-state index contributed by atoms with van der Waals surface area (Å²) in [6.45, 7) is 0. The Hall–Kier alpha value is -1.09. The minimum absolute atomic E-state index is 0.0103. The van der Waals surface area contributed by atoms with E-state index in [0.29, 0.717) is 15.6 Å². The van der Waals surface area contributed by atoms with Crippen LogP contribution in [0.25, 0.3) is 0 Å². The Bertz CT molecular complexity index is 650. The molecule has 0 aliphatic carbocycles. The number of benzene rings is 2. The van der Waals surface area contributed by atoms with E-state index in [1.165, 1.54) is 6.07 Å². The highest BCUT2D eigenvalue weighted by Gasteiger charge is 2.13. The van der Waals surface area contributed by atoms with Gasteiger partial charge in [-0.15, -0.1) is 0 Å². The van der Waals surface area contributed by atoms with Crippen molar-refractivity contribution < 1.29 is 9.18 Å². The van der Waals surface area contributed by atoms with Crippen molar-refractivity contribution in [1.82, 2.24) is 0 Å². The number of hydrogen-bond acceptors (Lipinski definition) is 1. The van der Waals surface area contributed by atoms with E-state index in [-0.39, 0.29) is 29.2 Å². The van der Waals surface area contributed by atoms with Gasteiger partial charge in [0, 0.05) is 22.9 Å². The highest BCUT2D eigenvalue weighted by atomic mass is 35.5. The first-order chi connectivity index (χ1) is 9.47. The van der Waals surface area contributed by atoms with Gasteiger partial charge in [0.1, 0.15) is 11.6 Å². The van der Waals surface area contributed by atoms with Crippen molar-refractivity contribution in [3.8, 4) is 0 Å². The zero-order valence-corrected chi connectivity index (χ0v) is 12.6. The number of ketones is 1. The largest absolute Gasteiger partial charge is 0.299 e. The van der Waals surface area contributed by atoms with Gasteiger partial charge in [0.2, 0.25) is 0 Å². The molecule has 0 radical (unpaired) electrons. The summed E-state index contributed by atoms with van der Waals surface area (Å²) in [4.78, 5) is 12.0. The fourth-order valence-electron chi connectivity index (χ4n) is 1.85. The van der Waals surface area contributed by atoms with Crippen LogP contribution in [0.3, 0.4) is 0 Å². The highest BCUT2D eigenvalue weighted by molar-refractivity contribution is 6.33. The first kappa shape index (κ1) is 15.3. The van der Waals surface area contributed by atoms with Crippen molar-refractivity contribution in [3.63, 3.8) is 0 Å². The van der Waals surface area contributed by atoms with Crippen molar-refractivity contribution in [1.29, 1.82) is 0 Å². The standard InChI is InChI=1S/C15H10Cl3FO/c16-11-4-5-13(17)10(6-11)8-12(20)7-9-2-1-3-14(18)15(9)19/h1-6H,7-8H2. The van der Waals surface area contributed by atoms with E-state index in [0.717, 1.165) is 0 Å². The number of halogens is 4. The van der Waals surface area contributed by atoms with Crippen LogP contribution < -0.4 is 0 Å². The summed E-state index contributed by atoms with van der Waals surface area (Å²) < 4.78 is 13.7. The Balaban J connectivity index is 2.13. The highest BCUT2D eigenvalue weighted by Crippen LogP contribution is 2.23. The van der Waals surface area contributed by atoms with Gasteiger partial charge in [0.05, 0.1) is 5.02 Å². The molecule has 0 amide bonds. The van der Waals surface area contributed by atoms with Crippen LogP contribution in [0, 0.1) is 5.82 Å². The lowest BCUT2D eigenvalue weighted by atomic mass is 10.0. The minimum atomic E-state index is -0.556. The van der Waals surface area contributed by atoms with Crippen molar-refractivity contribution >= 4 is 40.6 Å². The van der Waals surface area contributed by atoms with Gasteiger partial charge < -0.3 is 0 Å². The average Bonchev–Trinajstić information content (AvgIpc) is 2.39. The summed E-state index contributed by atoms with van der Waals surface area (Å²) in [5, 5.41) is 0.983. The van der Waals surface area contributed by atoms with Crippen LogP contribution in [-0.4, -0.2) is 5.78 Å². The van der Waals surface area contributed by atoms with Gasteiger partial charge >= 0.3 is 0 Å². The zero-order valence-electron chi connectivity index (χ0n) is 10.3. The monoisotopic (exact) mass is 330 g/mol. The first-order valence-corrected chi connectivity index (χ1v) is 6.99. The van der Waals surface area contributed by atoms with Gasteiger partial charge in [-0.3, -0.25) is 4.79 Å². The minimum Gasteiger partial charge on any atom is -0.299 e. The Labute approximate surface area is 131 Å². The summed E-state index contributed by atoms with van der Waals surface area (Å²) >= 11 is 17.5. The van der Waals surface area contributed by atoms with E-state index in [1.54, 1.807) is 30.3 Å². The van der Waals surface area contributed by atoms with Gasteiger partial charge in [-0.1, -0.05) is 46.9 Å². The molecular weight excluding hydrogens is 322 g/mol. The van der Waals surface area contributed by atoms with Gasteiger partial charge in [0.15, 0.2) is 0 Å². The zero-order chi connectivity index (χ0) is 14.7. The molecule has 0 unspecified atom stereocenters. The van der Waals surface area contributed by atoms with E-state index in [1.807, 2.05) is 0 Å². The molecule has 0 saturated carbocycles. The van der Waals surface area contributed by atoms with Crippen molar-refractivity contribution in [2.75, 3.05) is 0 Å². The predicted molar refractivity (Wildman–Crippen MR) is 80.3 cm³/mol. The first-order valence-electron chi connectivity index (χ1n) is 5.86. The third kappa shape index (κ3) is 3.72. The van der Waals surface area contributed by atoms with E-state index in [4.69, 9.17) is 34.8 Å². The van der Waals surface area contributed by atoms with Crippen molar-refractivity contribution in [3.05, 3.63) is 68.4 Å².